The van der Waals surface area contributed by atoms with E-state index in [1.54, 1.807) is 0 Å². The number of benzene rings is 2. The summed E-state index contributed by atoms with van der Waals surface area (Å²) in [5.74, 6) is 0.142. The number of aromatic hydroxyl groups is 1. The second-order valence-corrected chi connectivity index (χ2v) is 7.56. The molecule has 0 bridgehead atoms. The van der Waals surface area contributed by atoms with Gasteiger partial charge in [0.25, 0.3) is 5.91 Å². The summed E-state index contributed by atoms with van der Waals surface area (Å²) in [5.41, 5.74) is 3.89. The van der Waals surface area contributed by atoms with Gasteiger partial charge in [-0.3, -0.25) is 4.79 Å². The zero-order chi connectivity index (χ0) is 16.8. The number of phenols is 1. The minimum atomic E-state index is -0.197. The third kappa shape index (κ3) is 2.91. The predicted octanol–water partition coefficient (Wildman–Crippen LogP) is 4.94. The fourth-order valence-electron chi connectivity index (χ4n) is 2.72. The number of amides is 1. The summed E-state index contributed by atoms with van der Waals surface area (Å²) in [7, 11) is 0. The minimum Gasteiger partial charge on any atom is -0.506 e. The predicted molar refractivity (Wildman–Crippen MR) is 97.4 cm³/mol. The molecule has 0 aliphatic carbocycles. The fourth-order valence-corrected chi connectivity index (χ4v) is 3.20. The topological polar surface area (TPSA) is 49.3 Å². The first-order valence-corrected chi connectivity index (χ1v) is 8.22. The highest BCUT2D eigenvalue weighted by Crippen LogP contribution is 2.39. The molecule has 0 fully saturated rings. The Morgan fingerprint density at radius 1 is 1.17 bits per heavy atom. The van der Waals surface area contributed by atoms with Crippen LogP contribution in [0.4, 0.5) is 5.69 Å². The lowest BCUT2D eigenvalue weighted by atomic mass is 9.85. The van der Waals surface area contributed by atoms with E-state index < -0.39 is 0 Å². The first kappa shape index (κ1) is 15.8. The number of para-hydroxylation sites is 1. The molecule has 2 aromatic carbocycles. The second kappa shape index (κ2) is 5.53. The smallest absolute Gasteiger partial charge is 0.256 e. The molecule has 0 aromatic heterocycles. The number of halogens is 1. The molecule has 4 heteroatoms. The summed E-state index contributed by atoms with van der Waals surface area (Å²) in [6, 6.07) is 11.4. The Labute approximate surface area is 144 Å². The molecule has 118 valence electrons. The Morgan fingerprint density at radius 2 is 1.87 bits per heavy atom. The number of anilines is 1. The van der Waals surface area contributed by atoms with Crippen LogP contribution in [0.1, 0.15) is 37.5 Å². The summed E-state index contributed by atoms with van der Waals surface area (Å²) in [6.07, 6.45) is 1.86. The molecule has 3 nitrogen and oxygen atoms in total. The molecule has 1 amide bonds. The van der Waals surface area contributed by atoms with E-state index in [4.69, 9.17) is 0 Å². The number of phenolic OH excluding ortho intramolecular Hbond substituents is 1. The maximum absolute atomic E-state index is 12.2. The molecule has 3 rings (SSSR count). The van der Waals surface area contributed by atoms with Gasteiger partial charge in [-0.1, -0.05) is 39.0 Å². The van der Waals surface area contributed by atoms with Gasteiger partial charge in [-0.25, -0.2) is 0 Å². The Balaban J connectivity index is 2.14. The van der Waals surface area contributed by atoms with Gasteiger partial charge in [-0.05, 0) is 51.2 Å². The standard InChI is InChI=1S/C19H18BrNO2/c1-19(2,3)14-9-11(10-15(20)17(14)22)8-13-12-6-4-5-7-16(12)21-18(13)23/h4-10,22H,1-3H3,(H,21,23)/b13-8+. The van der Waals surface area contributed by atoms with Crippen LogP contribution in [0.25, 0.3) is 11.6 Å². The monoisotopic (exact) mass is 371 g/mol. The third-order valence-electron chi connectivity index (χ3n) is 3.91. The molecule has 0 atom stereocenters. The molecule has 0 saturated heterocycles. The number of nitrogens with one attached hydrogen (secondary N) is 1. The zero-order valence-electron chi connectivity index (χ0n) is 13.3. The summed E-state index contributed by atoms with van der Waals surface area (Å²) in [5, 5.41) is 13.2. The number of carbonyl (C=O) groups is 1. The third-order valence-corrected chi connectivity index (χ3v) is 4.52. The Kier molecular flexibility index (Phi) is 3.80. The minimum absolute atomic E-state index is 0.104. The van der Waals surface area contributed by atoms with Gasteiger partial charge in [-0.2, -0.15) is 0 Å². The van der Waals surface area contributed by atoms with E-state index in [9.17, 15) is 9.90 Å². The molecule has 2 N–H and O–H groups in total. The van der Waals surface area contributed by atoms with Crippen LogP contribution in [-0.4, -0.2) is 11.0 Å². The van der Waals surface area contributed by atoms with E-state index in [2.05, 4.69) is 21.2 Å². The highest BCUT2D eigenvalue weighted by atomic mass is 79.9. The van der Waals surface area contributed by atoms with E-state index in [0.29, 0.717) is 10.0 Å². The normalized spacial score (nSPS) is 15.7. The maximum atomic E-state index is 12.2. The van der Waals surface area contributed by atoms with Gasteiger partial charge in [0.05, 0.1) is 4.47 Å². The molecule has 1 heterocycles. The summed E-state index contributed by atoms with van der Waals surface area (Å²) in [6.45, 7) is 6.13. The molecule has 1 aliphatic rings. The quantitative estimate of drug-likeness (QED) is 0.697. The summed E-state index contributed by atoms with van der Waals surface area (Å²) < 4.78 is 0.628. The van der Waals surface area contributed by atoms with Crippen molar-refractivity contribution in [1.82, 2.24) is 0 Å². The van der Waals surface area contributed by atoms with Crippen LogP contribution in [0, 0.1) is 0 Å². The number of fused-ring (bicyclic) bond motifs is 1. The van der Waals surface area contributed by atoms with Crippen LogP contribution in [0.5, 0.6) is 5.75 Å². The summed E-state index contributed by atoms with van der Waals surface area (Å²) in [4.78, 5) is 12.2. The average molecular weight is 372 g/mol. The van der Waals surface area contributed by atoms with Crippen molar-refractivity contribution in [3.63, 3.8) is 0 Å². The van der Waals surface area contributed by atoms with E-state index in [-0.39, 0.29) is 17.1 Å². The molecular formula is C19H18BrNO2. The number of carbonyl (C=O) groups excluding carboxylic acids is 1. The van der Waals surface area contributed by atoms with Gasteiger partial charge in [0, 0.05) is 22.4 Å². The Morgan fingerprint density at radius 3 is 2.57 bits per heavy atom. The van der Waals surface area contributed by atoms with Gasteiger partial charge in [-0.15, -0.1) is 0 Å². The van der Waals surface area contributed by atoms with Crippen molar-refractivity contribution >= 4 is 39.2 Å². The first-order valence-electron chi connectivity index (χ1n) is 7.43. The van der Waals surface area contributed by atoms with Gasteiger partial charge in [0.1, 0.15) is 5.75 Å². The highest BCUT2D eigenvalue weighted by Gasteiger charge is 2.24. The zero-order valence-corrected chi connectivity index (χ0v) is 14.9. The molecule has 0 saturated carbocycles. The van der Waals surface area contributed by atoms with Gasteiger partial charge in [0.2, 0.25) is 0 Å². The van der Waals surface area contributed by atoms with Crippen LogP contribution in [0.15, 0.2) is 40.9 Å². The van der Waals surface area contributed by atoms with Crippen LogP contribution < -0.4 is 5.32 Å². The lowest BCUT2D eigenvalue weighted by Crippen LogP contribution is -2.11. The Bertz CT molecular complexity index is 832. The molecular weight excluding hydrogens is 354 g/mol. The second-order valence-electron chi connectivity index (χ2n) is 6.71. The number of rotatable bonds is 1. The van der Waals surface area contributed by atoms with Crippen molar-refractivity contribution in [2.45, 2.75) is 26.2 Å². The lowest BCUT2D eigenvalue weighted by Gasteiger charge is -2.21. The number of hydrogen-bond donors (Lipinski definition) is 2. The average Bonchev–Trinajstić information content (AvgIpc) is 2.78. The fraction of sp³-hybridized carbons (Fsp3) is 0.211. The van der Waals surface area contributed by atoms with E-state index >= 15 is 0 Å². The van der Waals surface area contributed by atoms with Crippen molar-refractivity contribution in [2.75, 3.05) is 5.32 Å². The van der Waals surface area contributed by atoms with Crippen molar-refractivity contribution < 1.29 is 9.90 Å². The van der Waals surface area contributed by atoms with Gasteiger partial charge < -0.3 is 10.4 Å². The van der Waals surface area contributed by atoms with Gasteiger partial charge >= 0.3 is 0 Å². The SMILES string of the molecule is CC(C)(C)c1cc(/C=C2/C(=O)Nc3ccccc32)cc(Br)c1O. The van der Waals surface area contributed by atoms with Crippen molar-refractivity contribution in [2.24, 2.45) is 0 Å². The molecule has 2 aromatic rings. The lowest BCUT2D eigenvalue weighted by molar-refractivity contribution is -0.110. The summed E-state index contributed by atoms with van der Waals surface area (Å²) >= 11 is 3.41. The van der Waals surface area contributed by atoms with Crippen molar-refractivity contribution in [3.8, 4) is 5.75 Å². The van der Waals surface area contributed by atoms with Crippen molar-refractivity contribution in [1.29, 1.82) is 0 Å². The van der Waals surface area contributed by atoms with Crippen LogP contribution in [-0.2, 0) is 10.2 Å². The highest BCUT2D eigenvalue weighted by molar-refractivity contribution is 9.10. The largest absolute Gasteiger partial charge is 0.506 e. The maximum Gasteiger partial charge on any atom is 0.256 e. The first-order chi connectivity index (χ1) is 10.8. The Hall–Kier alpha value is -2.07. The van der Waals surface area contributed by atoms with Crippen LogP contribution >= 0.6 is 15.9 Å². The van der Waals surface area contributed by atoms with E-state index in [1.807, 2.05) is 63.2 Å². The molecule has 0 unspecified atom stereocenters. The van der Waals surface area contributed by atoms with Crippen molar-refractivity contribution in [3.05, 3.63) is 57.6 Å². The molecule has 0 spiro atoms. The van der Waals surface area contributed by atoms with Gasteiger partial charge in [0.15, 0.2) is 0 Å². The molecule has 1 aliphatic heterocycles. The van der Waals surface area contributed by atoms with Crippen LogP contribution in [0.2, 0.25) is 0 Å². The van der Waals surface area contributed by atoms with E-state index in [1.165, 1.54) is 0 Å². The molecule has 0 radical (unpaired) electrons. The van der Waals surface area contributed by atoms with Crippen LogP contribution in [0.3, 0.4) is 0 Å². The number of hydrogen-bond acceptors (Lipinski definition) is 2. The van der Waals surface area contributed by atoms with E-state index in [0.717, 1.165) is 22.4 Å². The molecule has 23 heavy (non-hydrogen) atoms.